The fraction of sp³-hybridized carbons (Fsp3) is 0.235. The summed E-state index contributed by atoms with van der Waals surface area (Å²) in [5.74, 6) is -1.16. The highest BCUT2D eigenvalue weighted by Crippen LogP contribution is 2.41. The van der Waals surface area contributed by atoms with Crippen molar-refractivity contribution < 1.29 is 27.9 Å². The summed E-state index contributed by atoms with van der Waals surface area (Å²) in [5.41, 5.74) is 0.437. The average molecular weight is 419 g/mol. The van der Waals surface area contributed by atoms with Gasteiger partial charge in [0.05, 0.1) is 21.3 Å². The molecule has 1 N–H and O–H groups in total. The predicted octanol–water partition coefficient (Wildman–Crippen LogP) is 5.28. The van der Waals surface area contributed by atoms with Crippen LogP contribution in [0.2, 0.25) is 10.0 Å². The third kappa shape index (κ3) is 3.86. The largest absolute Gasteiger partial charge is 0.477 e. The Morgan fingerprint density at radius 1 is 1.30 bits per heavy atom. The van der Waals surface area contributed by atoms with Crippen molar-refractivity contribution in [3.63, 3.8) is 0 Å². The van der Waals surface area contributed by atoms with Crippen molar-refractivity contribution in [2.45, 2.75) is 25.6 Å². The van der Waals surface area contributed by atoms with Crippen molar-refractivity contribution >= 4 is 34.9 Å². The van der Waals surface area contributed by atoms with E-state index in [1.54, 1.807) is 13.0 Å². The first-order valence-corrected chi connectivity index (χ1v) is 8.32. The van der Waals surface area contributed by atoms with Gasteiger partial charge in [0.1, 0.15) is 0 Å². The Labute approximate surface area is 161 Å². The molecule has 2 heterocycles. The Balaban J connectivity index is 1.87. The monoisotopic (exact) mass is 418 g/mol. The summed E-state index contributed by atoms with van der Waals surface area (Å²) in [5, 5.41) is 12.1. The van der Waals surface area contributed by atoms with Crippen molar-refractivity contribution in [2.24, 2.45) is 5.16 Å². The number of hydrogen-bond donors (Lipinski definition) is 1. The quantitative estimate of drug-likeness (QED) is 0.735. The lowest BCUT2D eigenvalue weighted by Gasteiger charge is -2.15. The Morgan fingerprint density at radius 2 is 2.00 bits per heavy atom. The Bertz CT molecular complexity index is 961. The highest BCUT2D eigenvalue weighted by molar-refractivity contribution is 6.42. The van der Waals surface area contributed by atoms with E-state index in [0.717, 1.165) is 6.07 Å². The Morgan fingerprint density at radius 3 is 2.59 bits per heavy atom. The lowest BCUT2D eigenvalue weighted by atomic mass is 9.98. The van der Waals surface area contributed by atoms with E-state index in [9.17, 15) is 18.0 Å². The highest BCUT2D eigenvalue weighted by atomic mass is 35.5. The molecule has 1 aliphatic heterocycles. The number of carbonyl (C=O) groups is 1. The molecule has 3 rings (SSSR count). The van der Waals surface area contributed by atoms with Crippen LogP contribution in [0.4, 0.5) is 13.2 Å². The second-order valence-electron chi connectivity index (χ2n) is 5.89. The molecule has 0 saturated carbocycles. The number of hydrogen-bond acceptors (Lipinski definition) is 4. The minimum atomic E-state index is -4.66. The van der Waals surface area contributed by atoms with Gasteiger partial charge in [0, 0.05) is 18.2 Å². The number of nitrogens with zero attached hydrogens (tertiary/aromatic N) is 2. The lowest BCUT2D eigenvalue weighted by molar-refractivity contribution is -0.137. The molecule has 0 aliphatic carbocycles. The third-order valence-corrected chi connectivity index (χ3v) is 4.81. The number of rotatable bonds is 3. The van der Waals surface area contributed by atoms with Gasteiger partial charge in [0.2, 0.25) is 0 Å². The molecule has 10 heteroatoms. The molecule has 1 atom stereocenters. The average Bonchev–Trinajstić information content (AvgIpc) is 3.05. The van der Waals surface area contributed by atoms with E-state index in [2.05, 4.69) is 10.1 Å². The topological polar surface area (TPSA) is 71.8 Å². The number of aromatic carboxylic acids is 1. The molecule has 0 radical (unpaired) electrons. The van der Waals surface area contributed by atoms with Crippen molar-refractivity contribution in [3.8, 4) is 0 Å². The van der Waals surface area contributed by atoms with Gasteiger partial charge in [-0.1, -0.05) is 28.4 Å². The van der Waals surface area contributed by atoms with Crippen molar-refractivity contribution in [1.82, 2.24) is 4.98 Å². The highest BCUT2D eigenvalue weighted by Gasteiger charge is 2.36. The summed E-state index contributed by atoms with van der Waals surface area (Å²) < 4.78 is 39.3. The number of carboxylic acids is 1. The molecular formula is C17H11Cl2F3N2O3. The molecule has 27 heavy (non-hydrogen) atoms. The number of pyridine rings is 1. The van der Waals surface area contributed by atoms with E-state index in [1.807, 2.05) is 0 Å². The number of benzene rings is 1. The number of aryl methyl sites for hydroxylation is 1. The summed E-state index contributed by atoms with van der Waals surface area (Å²) in [4.78, 5) is 20.2. The van der Waals surface area contributed by atoms with E-state index in [1.165, 1.54) is 12.3 Å². The summed E-state index contributed by atoms with van der Waals surface area (Å²) in [6.45, 7) is 1.59. The summed E-state index contributed by atoms with van der Waals surface area (Å²) in [6, 6.07) is 3.77. The maximum atomic E-state index is 13.1. The van der Waals surface area contributed by atoms with Crippen molar-refractivity contribution in [1.29, 1.82) is 0 Å². The summed E-state index contributed by atoms with van der Waals surface area (Å²) in [7, 11) is 0. The van der Waals surface area contributed by atoms with Crippen LogP contribution in [0.25, 0.3) is 0 Å². The number of aromatic nitrogens is 1. The Kier molecular flexibility index (Phi) is 5.05. The van der Waals surface area contributed by atoms with Crippen LogP contribution in [0.3, 0.4) is 0 Å². The second-order valence-corrected chi connectivity index (χ2v) is 6.68. The zero-order valence-electron chi connectivity index (χ0n) is 13.6. The van der Waals surface area contributed by atoms with Crippen LogP contribution in [0, 0.1) is 6.92 Å². The number of alkyl halides is 3. The van der Waals surface area contributed by atoms with Crippen molar-refractivity contribution in [3.05, 3.63) is 62.4 Å². The molecule has 5 nitrogen and oxygen atoms in total. The minimum absolute atomic E-state index is 0.0888. The third-order valence-electron chi connectivity index (χ3n) is 4.01. The molecule has 1 aliphatic rings. The molecule has 2 aromatic rings. The van der Waals surface area contributed by atoms with Crippen LogP contribution < -0.4 is 0 Å². The van der Waals surface area contributed by atoms with Gasteiger partial charge in [-0.25, -0.2) is 9.78 Å². The van der Waals surface area contributed by atoms with Gasteiger partial charge in [0.25, 0.3) is 0 Å². The maximum absolute atomic E-state index is 13.1. The van der Waals surface area contributed by atoms with Crippen LogP contribution >= 0.6 is 23.2 Å². The van der Waals surface area contributed by atoms with Crippen LogP contribution in [-0.4, -0.2) is 21.8 Å². The second kappa shape index (κ2) is 7.01. The number of carboxylic acid groups (broad SMARTS) is 1. The maximum Gasteiger partial charge on any atom is 0.417 e. The van der Waals surface area contributed by atoms with Gasteiger partial charge in [-0.2, -0.15) is 13.2 Å². The standard InChI is InChI=1S/C17H11Cl2F3N2O3/c1-7-2-9(6-23-15(7)16(25)26)12-5-13(27-24-12)8-3-10(17(20,21)22)14(19)11(18)4-8/h2-4,6,13H,5H2,1H3,(H,25,26). The molecule has 0 spiro atoms. The van der Waals surface area contributed by atoms with Gasteiger partial charge in [-0.05, 0) is 36.2 Å². The predicted molar refractivity (Wildman–Crippen MR) is 92.4 cm³/mol. The molecule has 0 amide bonds. The SMILES string of the molecule is Cc1cc(C2=NOC(c3cc(Cl)c(Cl)c(C(F)(F)F)c3)C2)cnc1C(=O)O. The lowest BCUT2D eigenvalue weighted by Crippen LogP contribution is -2.10. The van der Waals surface area contributed by atoms with Crippen LogP contribution in [0.15, 0.2) is 29.6 Å². The molecule has 1 unspecified atom stereocenters. The van der Waals surface area contributed by atoms with Gasteiger partial charge >= 0.3 is 12.1 Å². The van der Waals surface area contributed by atoms with E-state index >= 15 is 0 Å². The van der Waals surface area contributed by atoms with E-state index in [0.29, 0.717) is 16.8 Å². The zero-order valence-corrected chi connectivity index (χ0v) is 15.2. The molecule has 142 valence electrons. The van der Waals surface area contributed by atoms with Crippen molar-refractivity contribution in [2.75, 3.05) is 0 Å². The fourth-order valence-corrected chi connectivity index (χ4v) is 3.13. The normalized spacial score (nSPS) is 16.8. The van der Waals surface area contributed by atoms with Crippen LogP contribution in [-0.2, 0) is 11.0 Å². The first-order valence-electron chi connectivity index (χ1n) is 7.57. The smallest absolute Gasteiger partial charge is 0.417 e. The Hall–Kier alpha value is -2.32. The molecule has 1 aromatic heterocycles. The van der Waals surface area contributed by atoms with E-state index < -0.39 is 28.8 Å². The first kappa shape index (κ1) is 19.4. The zero-order chi connectivity index (χ0) is 19.9. The van der Waals surface area contributed by atoms with E-state index in [-0.39, 0.29) is 22.7 Å². The molecule has 0 fully saturated rings. The fourth-order valence-electron chi connectivity index (χ4n) is 2.69. The van der Waals surface area contributed by atoms with Gasteiger partial charge in [0.15, 0.2) is 11.8 Å². The first-order chi connectivity index (χ1) is 12.6. The van der Waals surface area contributed by atoms with E-state index in [4.69, 9.17) is 33.1 Å². The van der Waals surface area contributed by atoms with Crippen LogP contribution in [0.5, 0.6) is 0 Å². The van der Waals surface area contributed by atoms with Gasteiger partial charge in [-0.3, -0.25) is 0 Å². The minimum Gasteiger partial charge on any atom is -0.477 e. The molecular weight excluding hydrogens is 408 g/mol. The summed E-state index contributed by atoms with van der Waals surface area (Å²) in [6.07, 6.45) is -3.94. The molecule has 0 saturated heterocycles. The van der Waals surface area contributed by atoms with Gasteiger partial charge in [-0.15, -0.1) is 0 Å². The number of oxime groups is 1. The summed E-state index contributed by atoms with van der Waals surface area (Å²) >= 11 is 11.5. The number of halogens is 5. The molecule has 1 aromatic carbocycles. The van der Waals surface area contributed by atoms with Crippen LogP contribution in [0.1, 0.15) is 45.3 Å². The van der Waals surface area contributed by atoms with Gasteiger partial charge < -0.3 is 9.94 Å². The molecule has 0 bridgehead atoms.